The number of β-amino-alcohol motifs (C(OH)–C–C–N with tert-alkyl or cyclic N) is 1. The Morgan fingerprint density at radius 1 is 1.38 bits per heavy atom. The van der Waals surface area contributed by atoms with Gasteiger partial charge in [-0.15, -0.1) is 0 Å². The van der Waals surface area contributed by atoms with E-state index < -0.39 is 5.60 Å². The van der Waals surface area contributed by atoms with Crippen molar-refractivity contribution in [3.63, 3.8) is 0 Å². The van der Waals surface area contributed by atoms with Gasteiger partial charge >= 0.3 is 6.01 Å². The molecule has 0 amide bonds. The molecule has 1 aromatic rings. The summed E-state index contributed by atoms with van der Waals surface area (Å²) >= 11 is 0. The summed E-state index contributed by atoms with van der Waals surface area (Å²) in [5.41, 5.74) is 0.468. The minimum atomic E-state index is -0.733. The molecule has 2 aliphatic rings. The molecule has 1 fully saturated rings. The molecule has 9 nitrogen and oxygen atoms in total. The molecule has 26 heavy (non-hydrogen) atoms. The van der Waals surface area contributed by atoms with Crippen LogP contribution in [0.5, 0.6) is 11.9 Å². The highest BCUT2D eigenvalue weighted by Gasteiger charge is 2.33. The first kappa shape index (κ1) is 17.9. The third-order valence-corrected chi connectivity index (χ3v) is 4.19. The standard InChI is InChI=1S/C17H22N6O3/c1-17(24)5-7-23(10-17)14-8-12(20-13(21-14)4-6-18)11-9-19-16(26-3)22-15(11)25-2/h4,6,8-9,18,21,24H,5,7,10H2,1-3H3/b13-4-,18-6?. The van der Waals surface area contributed by atoms with E-state index in [1.165, 1.54) is 14.2 Å². The Labute approximate surface area is 151 Å². The highest BCUT2D eigenvalue weighted by Crippen LogP contribution is 2.27. The fraction of sp³-hybridized carbons (Fsp3) is 0.412. The maximum atomic E-state index is 10.3. The summed E-state index contributed by atoms with van der Waals surface area (Å²) in [6.45, 7) is 3.04. The summed E-state index contributed by atoms with van der Waals surface area (Å²) in [4.78, 5) is 14.9. The lowest BCUT2D eigenvalue weighted by Crippen LogP contribution is -2.36. The number of aromatic nitrogens is 2. The number of aliphatic hydroxyl groups is 1. The van der Waals surface area contributed by atoms with Gasteiger partial charge in [0.05, 0.1) is 31.1 Å². The zero-order valence-corrected chi connectivity index (χ0v) is 15.0. The lowest BCUT2D eigenvalue weighted by Gasteiger charge is -2.27. The highest BCUT2D eigenvalue weighted by molar-refractivity contribution is 6.11. The minimum Gasteiger partial charge on any atom is -0.480 e. The molecule has 1 aromatic heterocycles. The summed E-state index contributed by atoms with van der Waals surface area (Å²) in [6, 6.07) is 0.204. The number of hydrogen-bond acceptors (Lipinski definition) is 9. The van der Waals surface area contributed by atoms with Crippen molar-refractivity contribution < 1.29 is 14.6 Å². The van der Waals surface area contributed by atoms with Crippen LogP contribution in [0.15, 0.2) is 35.0 Å². The molecule has 1 unspecified atom stereocenters. The predicted octanol–water partition coefficient (Wildman–Crippen LogP) is 0.675. The second-order valence-electron chi connectivity index (χ2n) is 6.32. The van der Waals surface area contributed by atoms with E-state index >= 15 is 0 Å². The number of rotatable bonds is 5. The maximum absolute atomic E-state index is 10.3. The van der Waals surface area contributed by atoms with Crippen LogP contribution in [0.4, 0.5) is 0 Å². The number of allylic oxidation sites excluding steroid dienone is 2. The summed E-state index contributed by atoms with van der Waals surface area (Å²) in [6.07, 6.45) is 6.84. The molecule has 1 saturated heterocycles. The molecular formula is C17H22N6O3. The smallest absolute Gasteiger partial charge is 0.319 e. The Morgan fingerprint density at radius 2 is 2.19 bits per heavy atom. The van der Waals surface area contributed by atoms with Crippen LogP contribution in [0.3, 0.4) is 0 Å². The van der Waals surface area contributed by atoms with Gasteiger partial charge in [-0.2, -0.15) is 4.98 Å². The first-order valence-corrected chi connectivity index (χ1v) is 8.16. The molecule has 0 spiro atoms. The van der Waals surface area contributed by atoms with Gasteiger partial charge in [0.25, 0.3) is 0 Å². The summed E-state index contributed by atoms with van der Waals surface area (Å²) < 4.78 is 10.4. The van der Waals surface area contributed by atoms with Crippen molar-refractivity contribution >= 4 is 11.9 Å². The van der Waals surface area contributed by atoms with Gasteiger partial charge in [0.1, 0.15) is 11.6 Å². The van der Waals surface area contributed by atoms with E-state index in [0.29, 0.717) is 42.5 Å². The zero-order valence-electron chi connectivity index (χ0n) is 15.0. The van der Waals surface area contributed by atoms with E-state index in [1.54, 1.807) is 12.3 Å². The Bertz CT molecular complexity index is 800. The molecule has 0 radical (unpaired) electrons. The van der Waals surface area contributed by atoms with Gasteiger partial charge in [-0.1, -0.05) is 0 Å². The van der Waals surface area contributed by atoms with Crippen molar-refractivity contribution in [1.82, 2.24) is 20.2 Å². The topological polar surface area (TPSA) is 116 Å². The monoisotopic (exact) mass is 358 g/mol. The number of methoxy groups -OCH3 is 2. The predicted molar refractivity (Wildman–Crippen MR) is 96.6 cm³/mol. The Hall–Kier alpha value is -2.94. The highest BCUT2D eigenvalue weighted by atomic mass is 16.5. The third-order valence-electron chi connectivity index (χ3n) is 4.19. The van der Waals surface area contributed by atoms with Crippen LogP contribution >= 0.6 is 0 Å². The number of nitrogens with one attached hydrogen (secondary N) is 2. The Balaban J connectivity index is 2.01. The number of likely N-dealkylation sites (tertiary alicyclic amines) is 1. The molecule has 138 valence electrons. The average molecular weight is 358 g/mol. The first-order chi connectivity index (χ1) is 12.5. The van der Waals surface area contributed by atoms with Crippen LogP contribution in [0.1, 0.15) is 18.9 Å². The molecule has 0 aromatic carbocycles. The van der Waals surface area contributed by atoms with Gasteiger partial charge in [0.15, 0.2) is 0 Å². The van der Waals surface area contributed by atoms with Crippen molar-refractivity contribution in [2.75, 3.05) is 27.3 Å². The number of aliphatic imine (C=N–C) groups is 1. The van der Waals surface area contributed by atoms with Crippen molar-refractivity contribution in [3.05, 3.63) is 35.6 Å². The molecule has 3 heterocycles. The molecule has 2 aliphatic heterocycles. The van der Waals surface area contributed by atoms with E-state index in [-0.39, 0.29) is 6.01 Å². The first-order valence-electron chi connectivity index (χ1n) is 8.16. The minimum absolute atomic E-state index is 0.204. The Morgan fingerprint density at radius 3 is 2.81 bits per heavy atom. The van der Waals surface area contributed by atoms with Crippen molar-refractivity contribution in [3.8, 4) is 11.9 Å². The largest absolute Gasteiger partial charge is 0.480 e. The second kappa shape index (κ2) is 7.12. The van der Waals surface area contributed by atoms with Crippen LogP contribution in [-0.2, 0) is 0 Å². The van der Waals surface area contributed by atoms with Gasteiger partial charge in [0.2, 0.25) is 5.88 Å². The van der Waals surface area contributed by atoms with E-state index in [9.17, 15) is 5.11 Å². The van der Waals surface area contributed by atoms with Crippen LogP contribution in [0.25, 0.3) is 0 Å². The summed E-state index contributed by atoms with van der Waals surface area (Å²) in [5, 5.41) is 20.8. The number of ether oxygens (including phenoxy) is 2. The van der Waals surface area contributed by atoms with E-state index in [2.05, 4.69) is 20.3 Å². The van der Waals surface area contributed by atoms with Crippen LogP contribution < -0.4 is 14.8 Å². The Kier molecular flexibility index (Phi) is 4.90. The van der Waals surface area contributed by atoms with Crippen LogP contribution in [0.2, 0.25) is 0 Å². The summed E-state index contributed by atoms with van der Waals surface area (Å²) in [5.74, 6) is 1.64. The molecule has 3 N–H and O–H groups in total. The van der Waals surface area contributed by atoms with Crippen molar-refractivity contribution in [1.29, 1.82) is 5.41 Å². The third kappa shape index (κ3) is 3.67. The zero-order chi connectivity index (χ0) is 18.7. The van der Waals surface area contributed by atoms with Gasteiger partial charge in [-0.25, -0.2) is 9.98 Å². The van der Waals surface area contributed by atoms with Gasteiger partial charge in [-0.05, 0) is 19.4 Å². The van der Waals surface area contributed by atoms with E-state index in [1.807, 2.05) is 17.9 Å². The van der Waals surface area contributed by atoms with Gasteiger partial charge < -0.3 is 30.2 Å². The van der Waals surface area contributed by atoms with E-state index in [0.717, 1.165) is 12.0 Å². The van der Waals surface area contributed by atoms with Crippen molar-refractivity contribution in [2.24, 2.45) is 4.99 Å². The lowest BCUT2D eigenvalue weighted by atomic mass is 10.1. The van der Waals surface area contributed by atoms with Crippen LogP contribution in [0, 0.1) is 5.41 Å². The van der Waals surface area contributed by atoms with Crippen molar-refractivity contribution in [2.45, 2.75) is 18.9 Å². The maximum Gasteiger partial charge on any atom is 0.319 e. The normalized spacial score (nSPS) is 24.0. The summed E-state index contributed by atoms with van der Waals surface area (Å²) in [7, 11) is 3.00. The van der Waals surface area contributed by atoms with Gasteiger partial charge in [0, 0.05) is 31.6 Å². The average Bonchev–Trinajstić information content (AvgIpc) is 3.01. The fourth-order valence-electron chi connectivity index (χ4n) is 2.88. The molecule has 0 saturated carbocycles. The molecular weight excluding hydrogens is 336 g/mol. The molecule has 1 atom stereocenters. The number of hydrogen-bond donors (Lipinski definition) is 3. The SMILES string of the molecule is COc1ncc(C2=N/C(=C/C=N)NC(N3CCC(C)(O)C3)=C2)c(OC)n1. The molecule has 3 rings (SSSR count). The quantitative estimate of drug-likeness (QED) is 0.663. The van der Waals surface area contributed by atoms with Gasteiger partial charge in [-0.3, -0.25) is 0 Å². The number of nitrogens with zero attached hydrogens (tertiary/aromatic N) is 4. The van der Waals surface area contributed by atoms with Crippen LogP contribution in [-0.4, -0.2) is 64.8 Å². The van der Waals surface area contributed by atoms with E-state index in [4.69, 9.17) is 14.9 Å². The second-order valence-corrected chi connectivity index (χ2v) is 6.32. The fourth-order valence-corrected chi connectivity index (χ4v) is 2.88. The molecule has 9 heteroatoms. The molecule has 0 aliphatic carbocycles. The molecule has 0 bridgehead atoms. The lowest BCUT2D eigenvalue weighted by molar-refractivity contribution is 0.0719.